The van der Waals surface area contributed by atoms with Gasteiger partial charge in [-0.25, -0.2) is 14.4 Å². The van der Waals surface area contributed by atoms with Gasteiger partial charge in [-0.15, -0.1) is 0 Å². The molecule has 2 saturated heterocycles. The fourth-order valence-electron chi connectivity index (χ4n) is 4.49. The van der Waals surface area contributed by atoms with Crippen LogP contribution in [0.5, 0.6) is 0 Å². The van der Waals surface area contributed by atoms with Gasteiger partial charge in [0.15, 0.2) is 5.82 Å². The Morgan fingerprint density at radius 3 is 2.50 bits per heavy atom. The van der Waals surface area contributed by atoms with Gasteiger partial charge in [0.25, 0.3) is 0 Å². The van der Waals surface area contributed by atoms with Crippen molar-refractivity contribution in [3.8, 4) is 11.4 Å². The molecule has 170 valence electrons. The average Bonchev–Trinajstić information content (AvgIpc) is 3.23. The van der Waals surface area contributed by atoms with Gasteiger partial charge in [0, 0.05) is 31.7 Å². The fourth-order valence-corrected chi connectivity index (χ4v) is 4.49. The van der Waals surface area contributed by atoms with Crippen molar-refractivity contribution in [1.29, 1.82) is 0 Å². The lowest BCUT2D eigenvalue weighted by molar-refractivity contribution is -0.00549. The van der Waals surface area contributed by atoms with E-state index >= 15 is 4.39 Å². The van der Waals surface area contributed by atoms with E-state index in [0.717, 1.165) is 18.9 Å². The summed E-state index contributed by atoms with van der Waals surface area (Å²) in [4.78, 5) is 13.0. The average molecular weight is 443 g/mol. The number of aromatic nitrogens is 3. The maximum absolute atomic E-state index is 15.6. The maximum atomic E-state index is 15.6. The smallest absolute Gasteiger partial charge is 0.205 e. The normalized spacial score (nSPS) is 22.0. The molecule has 2 fully saturated rings. The van der Waals surface area contributed by atoms with Gasteiger partial charge in [0.2, 0.25) is 5.58 Å². The van der Waals surface area contributed by atoms with E-state index in [1.165, 1.54) is 0 Å². The van der Waals surface area contributed by atoms with Crippen molar-refractivity contribution >= 4 is 22.5 Å². The summed E-state index contributed by atoms with van der Waals surface area (Å²) in [6, 6.07) is 1.72. The molecule has 2 unspecified atom stereocenters. The molecule has 3 aromatic rings. The summed E-state index contributed by atoms with van der Waals surface area (Å²) in [5.74, 6) is 0.217. The van der Waals surface area contributed by atoms with Crippen LogP contribution < -0.4 is 9.80 Å². The minimum Gasteiger partial charge on any atom is -0.392 e. The number of anilines is 2. The highest BCUT2D eigenvalue weighted by molar-refractivity contribution is 5.94. The van der Waals surface area contributed by atoms with E-state index in [9.17, 15) is 5.11 Å². The Kier molecular flexibility index (Phi) is 5.66. The molecule has 0 bridgehead atoms. The van der Waals surface area contributed by atoms with Gasteiger partial charge in [-0.2, -0.15) is 0 Å². The van der Waals surface area contributed by atoms with Gasteiger partial charge in [-0.05, 0) is 19.9 Å². The van der Waals surface area contributed by atoms with Crippen LogP contribution in [0.1, 0.15) is 19.4 Å². The van der Waals surface area contributed by atoms with Crippen LogP contribution in [0.25, 0.3) is 22.4 Å². The molecule has 5 rings (SSSR count). The summed E-state index contributed by atoms with van der Waals surface area (Å²) in [7, 11) is 0. The first-order chi connectivity index (χ1) is 15.5. The third kappa shape index (κ3) is 3.78. The topological polar surface area (TPSA) is 97.0 Å². The number of benzene rings is 1. The summed E-state index contributed by atoms with van der Waals surface area (Å²) >= 11 is 0. The van der Waals surface area contributed by atoms with Crippen LogP contribution in [0, 0.1) is 5.82 Å². The molecule has 2 aromatic heterocycles. The highest BCUT2D eigenvalue weighted by Gasteiger charge is 2.29. The number of aliphatic hydroxyl groups excluding tert-OH is 1. The van der Waals surface area contributed by atoms with Crippen LogP contribution in [-0.4, -0.2) is 71.8 Å². The second kappa shape index (κ2) is 8.61. The number of fused-ring (bicyclic) bond motifs is 1. The Bertz CT molecular complexity index is 1090. The summed E-state index contributed by atoms with van der Waals surface area (Å²) < 4.78 is 32.2. The fraction of sp³-hybridized carbons (Fsp3) is 0.500. The summed E-state index contributed by atoms with van der Waals surface area (Å²) in [6.07, 6.45) is 3.18. The Morgan fingerprint density at radius 1 is 1.09 bits per heavy atom. The van der Waals surface area contributed by atoms with Crippen LogP contribution in [0.15, 0.2) is 23.0 Å². The third-order valence-electron chi connectivity index (χ3n) is 5.88. The van der Waals surface area contributed by atoms with E-state index in [4.69, 9.17) is 14.0 Å². The van der Waals surface area contributed by atoms with Crippen molar-refractivity contribution in [2.75, 3.05) is 49.2 Å². The first kappa shape index (κ1) is 21.0. The number of nitrogens with zero attached hydrogens (tertiary/aromatic N) is 5. The highest BCUT2D eigenvalue weighted by Crippen LogP contribution is 2.37. The molecule has 0 amide bonds. The van der Waals surface area contributed by atoms with Crippen LogP contribution in [0.3, 0.4) is 0 Å². The van der Waals surface area contributed by atoms with Gasteiger partial charge >= 0.3 is 0 Å². The second-order valence-electron chi connectivity index (χ2n) is 8.29. The van der Waals surface area contributed by atoms with E-state index < -0.39 is 5.82 Å². The summed E-state index contributed by atoms with van der Waals surface area (Å²) in [5.41, 5.74) is 1.71. The molecule has 1 N–H and O–H groups in total. The lowest BCUT2D eigenvalue weighted by Crippen LogP contribution is -2.46. The number of hydrogen-bond donors (Lipinski definition) is 1. The second-order valence-corrected chi connectivity index (χ2v) is 8.29. The molecule has 0 aliphatic carbocycles. The summed E-state index contributed by atoms with van der Waals surface area (Å²) in [6.45, 7) is 7.46. The number of morpholine rings is 2. The standard InChI is InChI=1S/C22H26FN5O4/c1-13-10-28(11-14(2)31-13)21-15(12-29)7-16-20(26-32-22(16)19(21)23)17-8-25-18(9-24-17)27-3-5-30-6-4-27/h7-9,13-14,29H,3-6,10-12H2,1-2H3. The predicted molar refractivity (Wildman–Crippen MR) is 116 cm³/mol. The maximum Gasteiger partial charge on any atom is 0.205 e. The van der Waals surface area contributed by atoms with Gasteiger partial charge in [-0.1, -0.05) is 5.16 Å². The van der Waals surface area contributed by atoms with E-state index in [1.807, 2.05) is 18.7 Å². The Hall–Kier alpha value is -2.82. The molecule has 1 aromatic carbocycles. The first-order valence-electron chi connectivity index (χ1n) is 10.8. The van der Waals surface area contributed by atoms with E-state index in [-0.39, 0.29) is 24.4 Å². The van der Waals surface area contributed by atoms with E-state index in [0.29, 0.717) is 54.3 Å². The van der Waals surface area contributed by atoms with Crippen molar-refractivity contribution in [3.63, 3.8) is 0 Å². The number of ether oxygens (including phenoxy) is 2. The number of rotatable bonds is 4. The molecule has 0 saturated carbocycles. The van der Waals surface area contributed by atoms with Crippen LogP contribution in [-0.2, 0) is 16.1 Å². The molecule has 2 aliphatic rings. The van der Waals surface area contributed by atoms with Gasteiger partial charge < -0.3 is 28.9 Å². The molecule has 9 nitrogen and oxygen atoms in total. The Balaban J connectivity index is 1.51. The molecule has 4 heterocycles. The van der Waals surface area contributed by atoms with Crippen LogP contribution >= 0.6 is 0 Å². The van der Waals surface area contributed by atoms with Crippen molar-refractivity contribution < 1.29 is 23.5 Å². The molecular weight excluding hydrogens is 417 g/mol. The highest BCUT2D eigenvalue weighted by atomic mass is 19.1. The Morgan fingerprint density at radius 2 is 1.84 bits per heavy atom. The zero-order chi connectivity index (χ0) is 22.2. The summed E-state index contributed by atoms with van der Waals surface area (Å²) in [5, 5.41) is 14.6. The molecule has 2 aliphatic heterocycles. The lowest BCUT2D eigenvalue weighted by atomic mass is 10.0. The van der Waals surface area contributed by atoms with Gasteiger partial charge in [0.05, 0.1) is 55.5 Å². The molecule has 2 atom stereocenters. The molecule has 32 heavy (non-hydrogen) atoms. The molecule has 10 heteroatoms. The number of hydrogen-bond acceptors (Lipinski definition) is 9. The van der Waals surface area contributed by atoms with Crippen molar-refractivity contribution in [3.05, 3.63) is 29.8 Å². The van der Waals surface area contributed by atoms with Crippen LogP contribution in [0.4, 0.5) is 15.9 Å². The first-order valence-corrected chi connectivity index (χ1v) is 10.8. The zero-order valence-electron chi connectivity index (χ0n) is 18.1. The lowest BCUT2D eigenvalue weighted by Gasteiger charge is -2.37. The molecule has 0 spiro atoms. The molecule has 0 radical (unpaired) electrons. The molecular formula is C22H26FN5O4. The SMILES string of the molecule is CC1CN(c2c(CO)cc3c(-c4cnc(N5CCOCC5)cn4)noc3c2F)CC(C)O1. The van der Waals surface area contributed by atoms with Crippen molar-refractivity contribution in [1.82, 2.24) is 15.1 Å². The van der Waals surface area contributed by atoms with E-state index in [2.05, 4.69) is 20.0 Å². The third-order valence-corrected chi connectivity index (χ3v) is 5.88. The van der Waals surface area contributed by atoms with Gasteiger partial charge in [0.1, 0.15) is 17.2 Å². The van der Waals surface area contributed by atoms with Crippen molar-refractivity contribution in [2.24, 2.45) is 0 Å². The minimum absolute atomic E-state index is 0.0399. The van der Waals surface area contributed by atoms with Crippen LogP contribution in [0.2, 0.25) is 0 Å². The van der Waals surface area contributed by atoms with E-state index in [1.54, 1.807) is 18.5 Å². The van der Waals surface area contributed by atoms with Gasteiger partial charge in [-0.3, -0.25) is 0 Å². The zero-order valence-corrected chi connectivity index (χ0v) is 18.1. The number of halogens is 1. The number of aliphatic hydroxyl groups is 1. The Labute approximate surface area is 184 Å². The largest absolute Gasteiger partial charge is 0.392 e. The van der Waals surface area contributed by atoms with Crippen molar-refractivity contribution in [2.45, 2.75) is 32.7 Å². The quantitative estimate of drug-likeness (QED) is 0.652. The predicted octanol–water partition coefficient (Wildman–Crippen LogP) is 2.37. The monoisotopic (exact) mass is 443 g/mol. The minimum atomic E-state index is -0.538.